The standard InChI is InChI=1S/C20H18N2O2S/c1-3-6-15-13(2)11-23-19(21-15)17-9-10-18(25-17)20-22-16-8-5-4-7-14(16)12-24-20/h3-10H,11-12H2,1-2H3/b6-3-. The fraction of sp³-hybridized carbons (Fsp3) is 0.200. The summed E-state index contributed by atoms with van der Waals surface area (Å²) in [5, 5.41) is 0. The van der Waals surface area contributed by atoms with Crippen LogP contribution in [-0.4, -0.2) is 18.4 Å². The maximum absolute atomic E-state index is 5.83. The average molecular weight is 350 g/mol. The summed E-state index contributed by atoms with van der Waals surface area (Å²) in [6.45, 7) is 5.14. The van der Waals surface area contributed by atoms with Crippen LogP contribution in [0.25, 0.3) is 0 Å². The first kappa shape index (κ1) is 15.8. The molecule has 0 N–H and O–H groups in total. The van der Waals surface area contributed by atoms with Crippen molar-refractivity contribution in [2.24, 2.45) is 9.98 Å². The van der Waals surface area contributed by atoms with Gasteiger partial charge in [-0.05, 0) is 43.7 Å². The SMILES string of the molecule is C/C=C\C1=C(C)COC(c2ccc(C3=Nc4ccccc4CO3)s2)=N1. The Bertz CT molecular complexity index is 935. The molecule has 0 aliphatic carbocycles. The summed E-state index contributed by atoms with van der Waals surface area (Å²) in [6.07, 6.45) is 4.00. The molecule has 2 aliphatic rings. The van der Waals surface area contributed by atoms with Crippen molar-refractivity contribution in [2.45, 2.75) is 20.5 Å². The Morgan fingerprint density at radius 2 is 1.68 bits per heavy atom. The van der Waals surface area contributed by atoms with E-state index in [1.165, 1.54) is 0 Å². The highest BCUT2D eigenvalue weighted by Crippen LogP contribution is 2.29. The Labute approximate surface area is 150 Å². The normalized spacial score (nSPS) is 16.9. The van der Waals surface area contributed by atoms with Crippen LogP contribution in [-0.2, 0) is 16.1 Å². The summed E-state index contributed by atoms with van der Waals surface area (Å²) in [6, 6.07) is 12.1. The highest BCUT2D eigenvalue weighted by molar-refractivity contribution is 7.16. The third kappa shape index (κ3) is 3.15. The number of thiophene rings is 1. The number of benzene rings is 1. The maximum Gasteiger partial charge on any atom is 0.232 e. The highest BCUT2D eigenvalue weighted by atomic mass is 32.1. The fourth-order valence-electron chi connectivity index (χ4n) is 2.68. The summed E-state index contributed by atoms with van der Waals surface area (Å²) in [5.41, 5.74) is 4.19. The van der Waals surface area contributed by atoms with Crippen LogP contribution in [0.15, 0.2) is 69.8 Å². The Hall–Kier alpha value is -2.66. The minimum absolute atomic E-state index is 0.549. The summed E-state index contributed by atoms with van der Waals surface area (Å²) in [4.78, 5) is 11.2. The molecule has 1 aromatic carbocycles. The first-order chi connectivity index (χ1) is 12.2. The number of aliphatic imine (C=N–C) groups is 2. The second-order valence-corrected chi connectivity index (χ2v) is 6.95. The van der Waals surface area contributed by atoms with E-state index in [0.717, 1.165) is 32.3 Å². The van der Waals surface area contributed by atoms with Crippen molar-refractivity contribution < 1.29 is 9.47 Å². The molecule has 2 aliphatic heterocycles. The Morgan fingerprint density at radius 3 is 2.48 bits per heavy atom. The molecule has 4 nitrogen and oxygen atoms in total. The van der Waals surface area contributed by atoms with Crippen LogP contribution in [0.2, 0.25) is 0 Å². The molecule has 0 fully saturated rings. The number of rotatable bonds is 3. The Balaban J connectivity index is 1.64. The lowest BCUT2D eigenvalue weighted by atomic mass is 10.2. The molecule has 0 radical (unpaired) electrons. The van der Waals surface area contributed by atoms with E-state index in [4.69, 9.17) is 9.47 Å². The monoisotopic (exact) mass is 350 g/mol. The van der Waals surface area contributed by atoms with Gasteiger partial charge in [-0.3, -0.25) is 0 Å². The van der Waals surface area contributed by atoms with E-state index in [2.05, 4.69) is 9.98 Å². The molecule has 126 valence electrons. The molecule has 0 bridgehead atoms. The highest BCUT2D eigenvalue weighted by Gasteiger charge is 2.19. The molecule has 1 aromatic heterocycles. The van der Waals surface area contributed by atoms with Gasteiger partial charge in [0.05, 0.1) is 21.1 Å². The first-order valence-electron chi connectivity index (χ1n) is 8.18. The van der Waals surface area contributed by atoms with Gasteiger partial charge in [0.25, 0.3) is 0 Å². The molecule has 4 rings (SSSR count). The van der Waals surface area contributed by atoms with E-state index in [1.54, 1.807) is 11.3 Å². The summed E-state index contributed by atoms with van der Waals surface area (Å²) in [7, 11) is 0. The van der Waals surface area contributed by atoms with Crippen molar-refractivity contribution in [3.05, 3.63) is 75.1 Å². The molecule has 0 amide bonds. The van der Waals surface area contributed by atoms with Gasteiger partial charge in [-0.1, -0.05) is 24.3 Å². The molecule has 2 aromatic rings. The van der Waals surface area contributed by atoms with Crippen LogP contribution in [0, 0.1) is 0 Å². The van der Waals surface area contributed by atoms with Crippen LogP contribution in [0.3, 0.4) is 0 Å². The molecule has 5 heteroatoms. The summed E-state index contributed by atoms with van der Waals surface area (Å²) in [5.74, 6) is 1.32. The van der Waals surface area contributed by atoms with Gasteiger partial charge in [0.1, 0.15) is 13.2 Å². The van der Waals surface area contributed by atoms with E-state index in [1.807, 2.05) is 62.4 Å². The molecular formula is C20H18N2O2S. The predicted octanol–water partition coefficient (Wildman–Crippen LogP) is 4.98. The molecule has 0 unspecified atom stereocenters. The molecule has 0 spiro atoms. The summed E-state index contributed by atoms with van der Waals surface area (Å²) >= 11 is 1.58. The van der Waals surface area contributed by atoms with E-state index in [0.29, 0.717) is 25.0 Å². The lowest BCUT2D eigenvalue weighted by Gasteiger charge is -2.16. The molecule has 25 heavy (non-hydrogen) atoms. The number of ether oxygens (including phenoxy) is 2. The minimum atomic E-state index is 0.549. The van der Waals surface area contributed by atoms with Gasteiger partial charge in [0, 0.05) is 5.56 Å². The average Bonchev–Trinajstić information content (AvgIpc) is 3.13. The molecular weight excluding hydrogens is 332 g/mol. The lowest BCUT2D eigenvalue weighted by Crippen LogP contribution is -2.13. The largest absolute Gasteiger partial charge is 0.472 e. The van der Waals surface area contributed by atoms with Crippen molar-refractivity contribution in [1.29, 1.82) is 0 Å². The Morgan fingerprint density at radius 1 is 0.960 bits per heavy atom. The van der Waals surface area contributed by atoms with Crippen molar-refractivity contribution in [3.8, 4) is 0 Å². The topological polar surface area (TPSA) is 43.2 Å². The lowest BCUT2D eigenvalue weighted by molar-refractivity contribution is 0.289. The zero-order valence-electron chi connectivity index (χ0n) is 14.2. The zero-order chi connectivity index (χ0) is 17.2. The Kier molecular flexibility index (Phi) is 4.24. The molecule has 0 atom stereocenters. The third-order valence-corrected chi connectivity index (χ3v) is 5.08. The quantitative estimate of drug-likeness (QED) is 0.783. The van der Waals surface area contributed by atoms with Crippen LogP contribution in [0.1, 0.15) is 29.2 Å². The van der Waals surface area contributed by atoms with Gasteiger partial charge in [-0.2, -0.15) is 0 Å². The van der Waals surface area contributed by atoms with Crippen LogP contribution >= 0.6 is 11.3 Å². The van der Waals surface area contributed by atoms with E-state index in [9.17, 15) is 0 Å². The second kappa shape index (κ2) is 6.69. The van der Waals surface area contributed by atoms with Gasteiger partial charge < -0.3 is 9.47 Å². The number of allylic oxidation sites excluding steroid dienone is 2. The van der Waals surface area contributed by atoms with E-state index >= 15 is 0 Å². The van der Waals surface area contributed by atoms with Crippen molar-refractivity contribution in [3.63, 3.8) is 0 Å². The number of para-hydroxylation sites is 1. The van der Waals surface area contributed by atoms with Gasteiger partial charge >= 0.3 is 0 Å². The maximum atomic E-state index is 5.83. The summed E-state index contributed by atoms with van der Waals surface area (Å²) < 4.78 is 11.6. The van der Waals surface area contributed by atoms with Gasteiger partial charge in [0.15, 0.2) is 0 Å². The van der Waals surface area contributed by atoms with Gasteiger partial charge in [0.2, 0.25) is 11.8 Å². The zero-order valence-corrected chi connectivity index (χ0v) is 15.0. The number of nitrogens with zero attached hydrogens (tertiary/aromatic N) is 2. The number of hydrogen-bond donors (Lipinski definition) is 0. The first-order valence-corrected chi connectivity index (χ1v) is 9.00. The van der Waals surface area contributed by atoms with Crippen molar-refractivity contribution >= 4 is 28.8 Å². The number of fused-ring (bicyclic) bond motifs is 1. The van der Waals surface area contributed by atoms with Crippen molar-refractivity contribution in [2.75, 3.05) is 6.61 Å². The van der Waals surface area contributed by atoms with E-state index < -0.39 is 0 Å². The molecule has 0 saturated heterocycles. The predicted molar refractivity (Wildman–Crippen MR) is 102 cm³/mol. The fourth-order valence-corrected chi connectivity index (χ4v) is 3.57. The van der Waals surface area contributed by atoms with Crippen LogP contribution < -0.4 is 0 Å². The second-order valence-electron chi connectivity index (χ2n) is 5.87. The van der Waals surface area contributed by atoms with Gasteiger partial charge in [-0.25, -0.2) is 9.98 Å². The minimum Gasteiger partial charge on any atom is -0.472 e. The van der Waals surface area contributed by atoms with E-state index in [-0.39, 0.29) is 0 Å². The molecule has 3 heterocycles. The van der Waals surface area contributed by atoms with Crippen LogP contribution in [0.5, 0.6) is 0 Å². The van der Waals surface area contributed by atoms with Gasteiger partial charge in [-0.15, -0.1) is 11.3 Å². The molecule has 0 saturated carbocycles. The van der Waals surface area contributed by atoms with Crippen LogP contribution in [0.4, 0.5) is 5.69 Å². The van der Waals surface area contributed by atoms with Crippen molar-refractivity contribution in [1.82, 2.24) is 0 Å². The number of hydrogen-bond acceptors (Lipinski definition) is 5. The smallest absolute Gasteiger partial charge is 0.232 e. The third-order valence-electron chi connectivity index (χ3n) is 4.01.